The van der Waals surface area contributed by atoms with Crippen LogP contribution in [0.2, 0.25) is 0 Å². The van der Waals surface area contributed by atoms with E-state index < -0.39 is 17.8 Å². The van der Waals surface area contributed by atoms with Crippen molar-refractivity contribution in [2.24, 2.45) is 0 Å². The molecule has 168 valence electrons. The van der Waals surface area contributed by atoms with Gasteiger partial charge in [0.25, 0.3) is 11.8 Å². The SMILES string of the molecule is C[C@@H]1NC(=O)N[C@@H]1CCCCCC(=O)NCCCCCC(=O)ON1C(=O)CCC1=O. The second-order valence-corrected chi connectivity index (χ2v) is 7.82. The Morgan fingerprint density at radius 3 is 2.30 bits per heavy atom. The number of carbonyl (C=O) groups is 5. The summed E-state index contributed by atoms with van der Waals surface area (Å²) in [7, 11) is 0. The molecule has 30 heavy (non-hydrogen) atoms. The zero-order valence-electron chi connectivity index (χ0n) is 17.5. The lowest BCUT2D eigenvalue weighted by atomic mass is 10.0. The molecule has 0 saturated carbocycles. The fourth-order valence-corrected chi connectivity index (χ4v) is 3.48. The van der Waals surface area contributed by atoms with E-state index in [0.717, 1.165) is 38.5 Å². The van der Waals surface area contributed by atoms with E-state index >= 15 is 0 Å². The molecule has 2 aliphatic heterocycles. The Morgan fingerprint density at radius 1 is 0.967 bits per heavy atom. The maximum absolute atomic E-state index is 11.8. The number of unbranched alkanes of at least 4 members (excludes halogenated alkanes) is 4. The molecule has 10 nitrogen and oxygen atoms in total. The zero-order chi connectivity index (χ0) is 21.9. The van der Waals surface area contributed by atoms with E-state index in [1.807, 2.05) is 6.92 Å². The molecule has 2 rings (SSSR count). The van der Waals surface area contributed by atoms with Crippen LogP contribution in [0.5, 0.6) is 0 Å². The van der Waals surface area contributed by atoms with Gasteiger partial charge in [0.2, 0.25) is 5.91 Å². The fraction of sp³-hybridized carbons (Fsp3) is 0.750. The quantitative estimate of drug-likeness (QED) is 0.301. The standard InChI is InChI=1S/C20H32N4O6/c1-14-15(23-20(29)22-14)8-4-2-5-9-16(25)21-13-7-3-6-10-19(28)30-24-17(26)11-12-18(24)27/h14-15H,2-13H2,1H3,(H,21,25)(H2,22,23,29)/t14-,15+/m0/s1. The van der Waals surface area contributed by atoms with Gasteiger partial charge in [-0.1, -0.05) is 19.3 Å². The van der Waals surface area contributed by atoms with E-state index in [-0.39, 0.29) is 43.3 Å². The van der Waals surface area contributed by atoms with Crippen LogP contribution in [-0.2, 0) is 24.0 Å². The highest BCUT2D eigenvalue weighted by Crippen LogP contribution is 2.14. The normalized spacial score (nSPS) is 20.8. The van der Waals surface area contributed by atoms with Crippen LogP contribution in [0.3, 0.4) is 0 Å². The molecule has 3 N–H and O–H groups in total. The first-order chi connectivity index (χ1) is 14.4. The number of imide groups is 1. The third-order valence-corrected chi connectivity index (χ3v) is 5.28. The van der Waals surface area contributed by atoms with Crippen molar-refractivity contribution in [3.63, 3.8) is 0 Å². The summed E-state index contributed by atoms with van der Waals surface area (Å²) < 4.78 is 0. The van der Waals surface area contributed by atoms with E-state index in [1.54, 1.807) is 0 Å². The van der Waals surface area contributed by atoms with Crippen molar-refractivity contribution in [1.29, 1.82) is 0 Å². The highest BCUT2D eigenvalue weighted by atomic mass is 16.7. The third kappa shape index (κ3) is 8.00. The Labute approximate surface area is 176 Å². The van der Waals surface area contributed by atoms with Gasteiger partial charge in [-0.05, 0) is 32.6 Å². The van der Waals surface area contributed by atoms with Crippen molar-refractivity contribution in [2.45, 2.75) is 89.6 Å². The first kappa shape index (κ1) is 23.6. The molecule has 2 fully saturated rings. The Morgan fingerprint density at radius 2 is 1.63 bits per heavy atom. The molecule has 0 unspecified atom stereocenters. The number of nitrogens with one attached hydrogen (secondary N) is 3. The number of hydrogen-bond acceptors (Lipinski definition) is 6. The number of hydroxylamine groups is 2. The summed E-state index contributed by atoms with van der Waals surface area (Å²) in [4.78, 5) is 62.2. The van der Waals surface area contributed by atoms with Crippen molar-refractivity contribution < 1.29 is 28.8 Å². The number of carbonyl (C=O) groups excluding carboxylic acids is 5. The van der Waals surface area contributed by atoms with E-state index in [0.29, 0.717) is 24.4 Å². The molecule has 2 atom stereocenters. The van der Waals surface area contributed by atoms with Crippen LogP contribution in [-0.4, -0.2) is 53.4 Å². The number of urea groups is 1. The summed E-state index contributed by atoms with van der Waals surface area (Å²) in [6.45, 7) is 2.53. The number of rotatable bonds is 13. The van der Waals surface area contributed by atoms with Gasteiger partial charge in [0.15, 0.2) is 0 Å². The van der Waals surface area contributed by atoms with Gasteiger partial charge >= 0.3 is 12.0 Å². The summed E-state index contributed by atoms with van der Waals surface area (Å²) in [6, 6.07) is 0.202. The van der Waals surface area contributed by atoms with Crippen molar-refractivity contribution in [2.75, 3.05) is 6.54 Å². The largest absolute Gasteiger partial charge is 0.356 e. The number of nitrogens with zero attached hydrogens (tertiary/aromatic N) is 1. The van der Waals surface area contributed by atoms with Gasteiger partial charge in [-0.2, -0.15) is 0 Å². The lowest BCUT2D eigenvalue weighted by molar-refractivity contribution is -0.197. The maximum atomic E-state index is 11.8. The molecule has 5 amide bonds. The average Bonchev–Trinajstić information content (AvgIpc) is 3.19. The van der Waals surface area contributed by atoms with Crippen molar-refractivity contribution in [3.8, 4) is 0 Å². The average molecular weight is 424 g/mol. The molecule has 0 radical (unpaired) electrons. The number of hydrogen-bond donors (Lipinski definition) is 3. The Kier molecular flexibility index (Phi) is 9.56. The van der Waals surface area contributed by atoms with Crippen LogP contribution in [0.25, 0.3) is 0 Å². The first-order valence-electron chi connectivity index (χ1n) is 10.8. The van der Waals surface area contributed by atoms with Gasteiger partial charge < -0.3 is 20.8 Å². The van der Waals surface area contributed by atoms with Crippen LogP contribution in [0.4, 0.5) is 4.79 Å². The fourth-order valence-electron chi connectivity index (χ4n) is 3.48. The van der Waals surface area contributed by atoms with E-state index in [1.165, 1.54) is 0 Å². The summed E-state index contributed by atoms with van der Waals surface area (Å²) >= 11 is 0. The van der Waals surface area contributed by atoms with Crippen LogP contribution < -0.4 is 16.0 Å². The molecule has 0 aliphatic carbocycles. The second-order valence-electron chi connectivity index (χ2n) is 7.82. The Hall–Kier alpha value is -2.65. The molecule has 2 saturated heterocycles. The molecule has 10 heteroatoms. The van der Waals surface area contributed by atoms with Gasteiger partial charge in [-0.15, -0.1) is 5.06 Å². The lowest BCUT2D eigenvalue weighted by Gasteiger charge is -2.13. The molecule has 0 aromatic carbocycles. The third-order valence-electron chi connectivity index (χ3n) is 5.28. The monoisotopic (exact) mass is 424 g/mol. The minimum Gasteiger partial charge on any atom is -0.356 e. The van der Waals surface area contributed by atoms with Crippen molar-refractivity contribution in [3.05, 3.63) is 0 Å². The number of amides is 5. The highest BCUT2D eigenvalue weighted by molar-refractivity contribution is 6.01. The predicted octanol–water partition coefficient (Wildman–Crippen LogP) is 1.29. The highest BCUT2D eigenvalue weighted by Gasteiger charge is 2.32. The van der Waals surface area contributed by atoms with Crippen molar-refractivity contribution in [1.82, 2.24) is 21.0 Å². The van der Waals surface area contributed by atoms with Gasteiger partial charge in [-0.3, -0.25) is 14.4 Å². The van der Waals surface area contributed by atoms with E-state index in [4.69, 9.17) is 4.84 Å². The van der Waals surface area contributed by atoms with E-state index in [2.05, 4.69) is 16.0 Å². The molecule has 0 spiro atoms. The summed E-state index contributed by atoms with van der Waals surface area (Å²) in [6.07, 6.45) is 6.45. The van der Waals surface area contributed by atoms with Crippen LogP contribution >= 0.6 is 0 Å². The Bertz CT molecular complexity index is 637. The topological polar surface area (TPSA) is 134 Å². The lowest BCUT2D eigenvalue weighted by Crippen LogP contribution is -2.31. The summed E-state index contributed by atoms with van der Waals surface area (Å²) in [5.41, 5.74) is 0. The molecule has 2 aliphatic rings. The molecule has 0 bridgehead atoms. The summed E-state index contributed by atoms with van der Waals surface area (Å²) in [5, 5.41) is 9.13. The van der Waals surface area contributed by atoms with Gasteiger partial charge in [0, 0.05) is 38.3 Å². The van der Waals surface area contributed by atoms with E-state index in [9.17, 15) is 24.0 Å². The molecule has 0 aromatic rings. The van der Waals surface area contributed by atoms with Gasteiger partial charge in [0.1, 0.15) is 0 Å². The minimum absolute atomic E-state index is 0.0182. The minimum atomic E-state index is -0.593. The maximum Gasteiger partial charge on any atom is 0.333 e. The summed E-state index contributed by atoms with van der Waals surface area (Å²) in [5.74, 6) is -1.53. The van der Waals surface area contributed by atoms with Gasteiger partial charge in [0.05, 0.1) is 6.04 Å². The molecular weight excluding hydrogens is 392 g/mol. The zero-order valence-corrected chi connectivity index (χ0v) is 17.5. The predicted molar refractivity (Wildman–Crippen MR) is 107 cm³/mol. The molecular formula is C20H32N4O6. The van der Waals surface area contributed by atoms with Gasteiger partial charge in [-0.25, -0.2) is 9.59 Å². The smallest absolute Gasteiger partial charge is 0.333 e. The molecule has 2 heterocycles. The van der Waals surface area contributed by atoms with Crippen molar-refractivity contribution >= 4 is 29.7 Å². The van der Waals surface area contributed by atoms with Crippen LogP contribution in [0, 0.1) is 0 Å². The second kappa shape index (κ2) is 12.1. The molecule has 0 aromatic heterocycles. The Balaban J connectivity index is 1.40. The van der Waals surface area contributed by atoms with Crippen LogP contribution in [0.1, 0.15) is 77.6 Å². The first-order valence-corrected chi connectivity index (χ1v) is 10.8. The van der Waals surface area contributed by atoms with Crippen LogP contribution in [0.15, 0.2) is 0 Å².